The van der Waals surface area contributed by atoms with E-state index in [0.29, 0.717) is 17.5 Å². The second-order valence-electron chi connectivity index (χ2n) is 5.31. The molecular formula is C14H18FNO2. The number of aliphatic hydroxyl groups excluding tert-OH is 1. The third-order valence-corrected chi connectivity index (χ3v) is 3.54. The Morgan fingerprint density at radius 2 is 2.11 bits per heavy atom. The van der Waals surface area contributed by atoms with Crippen LogP contribution in [0.4, 0.5) is 10.1 Å². The van der Waals surface area contributed by atoms with Crippen molar-refractivity contribution in [3.05, 3.63) is 29.1 Å². The number of amides is 1. The maximum atomic E-state index is 13.9. The van der Waals surface area contributed by atoms with Gasteiger partial charge in [0, 0.05) is 0 Å². The lowest BCUT2D eigenvalue weighted by atomic mass is 9.84. The molecule has 0 radical (unpaired) electrons. The van der Waals surface area contributed by atoms with E-state index in [4.69, 9.17) is 0 Å². The molecule has 0 bridgehead atoms. The summed E-state index contributed by atoms with van der Waals surface area (Å²) in [5.41, 5.74) is 0.658. The molecule has 0 saturated carbocycles. The molecule has 1 aromatic carbocycles. The van der Waals surface area contributed by atoms with Gasteiger partial charge in [-0.15, -0.1) is 0 Å². The Hall–Kier alpha value is -1.42. The molecule has 0 aliphatic carbocycles. The lowest BCUT2D eigenvalue weighted by Crippen LogP contribution is -2.26. The van der Waals surface area contributed by atoms with Gasteiger partial charge in [-0.3, -0.25) is 4.79 Å². The molecule has 1 amide bonds. The van der Waals surface area contributed by atoms with E-state index in [2.05, 4.69) is 5.32 Å². The van der Waals surface area contributed by atoms with Crippen molar-refractivity contribution in [1.82, 2.24) is 0 Å². The minimum atomic E-state index is -0.752. The number of hydrogen-bond acceptors (Lipinski definition) is 2. The fourth-order valence-electron chi connectivity index (χ4n) is 2.27. The minimum Gasteiger partial charge on any atom is -0.388 e. The monoisotopic (exact) mass is 251 g/mol. The van der Waals surface area contributed by atoms with Gasteiger partial charge in [0.1, 0.15) is 5.82 Å². The van der Waals surface area contributed by atoms with Crippen LogP contribution in [0, 0.1) is 5.82 Å². The maximum absolute atomic E-state index is 13.9. The summed E-state index contributed by atoms with van der Waals surface area (Å²) in [7, 11) is 0. The molecular weight excluding hydrogens is 233 g/mol. The molecule has 1 aliphatic rings. The van der Waals surface area contributed by atoms with Gasteiger partial charge in [-0.25, -0.2) is 4.39 Å². The van der Waals surface area contributed by atoms with Crippen LogP contribution < -0.4 is 5.32 Å². The van der Waals surface area contributed by atoms with Gasteiger partial charge in [0.25, 0.3) is 0 Å². The molecule has 1 heterocycles. The van der Waals surface area contributed by atoms with E-state index in [1.54, 1.807) is 19.9 Å². The van der Waals surface area contributed by atoms with Crippen LogP contribution >= 0.6 is 0 Å². The first-order valence-corrected chi connectivity index (χ1v) is 6.21. The van der Waals surface area contributed by atoms with Gasteiger partial charge in [-0.05, 0) is 43.5 Å². The molecule has 1 aliphatic heterocycles. The summed E-state index contributed by atoms with van der Waals surface area (Å²) in [5.74, 6) is -0.685. The third kappa shape index (κ3) is 1.90. The van der Waals surface area contributed by atoms with E-state index < -0.39 is 17.3 Å². The average Bonchev–Trinajstić information content (AvgIpc) is 2.52. The molecule has 98 valence electrons. The second kappa shape index (κ2) is 4.35. The molecule has 1 unspecified atom stereocenters. The van der Waals surface area contributed by atoms with E-state index in [1.165, 1.54) is 6.07 Å². The maximum Gasteiger partial charge on any atom is 0.234 e. The minimum absolute atomic E-state index is 0.210. The zero-order valence-corrected chi connectivity index (χ0v) is 10.9. The summed E-state index contributed by atoms with van der Waals surface area (Å²) < 4.78 is 13.9. The lowest BCUT2D eigenvalue weighted by Gasteiger charge is -2.17. The van der Waals surface area contributed by atoms with Crippen LogP contribution in [0.2, 0.25) is 0 Å². The van der Waals surface area contributed by atoms with Gasteiger partial charge in [0.15, 0.2) is 0 Å². The Balaban J connectivity index is 2.49. The SMILES string of the molecule is CCCC(O)c1cc(F)c2c(c1)C(C)(C)C(=O)N2. The zero-order valence-electron chi connectivity index (χ0n) is 10.9. The van der Waals surface area contributed by atoms with Crippen LogP contribution in [0.5, 0.6) is 0 Å². The van der Waals surface area contributed by atoms with E-state index in [1.807, 2.05) is 6.92 Å². The highest BCUT2D eigenvalue weighted by Gasteiger charge is 2.40. The number of carbonyl (C=O) groups is 1. The van der Waals surface area contributed by atoms with Crippen LogP contribution in [-0.4, -0.2) is 11.0 Å². The number of aliphatic hydroxyl groups is 1. The summed E-state index contributed by atoms with van der Waals surface area (Å²) in [6.07, 6.45) is 0.724. The van der Waals surface area contributed by atoms with Gasteiger partial charge in [0.2, 0.25) is 5.91 Å². The largest absolute Gasteiger partial charge is 0.388 e. The van der Waals surface area contributed by atoms with Gasteiger partial charge >= 0.3 is 0 Å². The molecule has 0 spiro atoms. The Labute approximate surface area is 106 Å². The lowest BCUT2D eigenvalue weighted by molar-refractivity contribution is -0.119. The van der Waals surface area contributed by atoms with E-state index in [9.17, 15) is 14.3 Å². The number of fused-ring (bicyclic) bond motifs is 1. The van der Waals surface area contributed by atoms with Crippen molar-refractivity contribution in [3.8, 4) is 0 Å². The highest BCUT2D eigenvalue weighted by molar-refractivity contribution is 6.05. The van der Waals surface area contributed by atoms with Crippen LogP contribution in [0.25, 0.3) is 0 Å². The highest BCUT2D eigenvalue weighted by Crippen LogP contribution is 2.40. The Morgan fingerprint density at radius 1 is 1.44 bits per heavy atom. The molecule has 1 aromatic rings. The number of halogens is 1. The Bertz CT molecular complexity index is 497. The number of rotatable bonds is 3. The van der Waals surface area contributed by atoms with Gasteiger partial charge in [0.05, 0.1) is 17.2 Å². The summed E-state index contributed by atoms with van der Waals surface area (Å²) in [4.78, 5) is 11.8. The first kappa shape index (κ1) is 13.0. The summed E-state index contributed by atoms with van der Waals surface area (Å²) in [5, 5.41) is 12.5. The molecule has 0 aromatic heterocycles. The number of nitrogens with one attached hydrogen (secondary N) is 1. The number of anilines is 1. The fourth-order valence-corrected chi connectivity index (χ4v) is 2.27. The van der Waals surface area contributed by atoms with Crippen molar-refractivity contribution in [2.45, 2.75) is 45.1 Å². The quantitative estimate of drug-likeness (QED) is 0.867. The average molecular weight is 251 g/mol. The number of carbonyl (C=O) groups excluding carboxylic acids is 1. The van der Waals surface area contributed by atoms with E-state index >= 15 is 0 Å². The van der Waals surface area contributed by atoms with Crippen molar-refractivity contribution in [3.63, 3.8) is 0 Å². The van der Waals surface area contributed by atoms with Crippen molar-refractivity contribution in [2.75, 3.05) is 5.32 Å². The molecule has 0 fully saturated rings. The number of hydrogen-bond donors (Lipinski definition) is 2. The molecule has 0 saturated heterocycles. The summed E-state index contributed by atoms with van der Waals surface area (Å²) in [6, 6.07) is 3.04. The standard InChI is InChI=1S/C14H18FNO2/c1-4-5-11(17)8-6-9-12(10(15)7-8)16-13(18)14(9,2)3/h6-7,11,17H,4-5H2,1-3H3,(H,16,18). The van der Waals surface area contributed by atoms with Gasteiger partial charge in [-0.1, -0.05) is 13.3 Å². The smallest absolute Gasteiger partial charge is 0.234 e. The van der Waals surface area contributed by atoms with Crippen molar-refractivity contribution >= 4 is 11.6 Å². The Morgan fingerprint density at radius 3 is 2.72 bits per heavy atom. The van der Waals surface area contributed by atoms with Gasteiger partial charge < -0.3 is 10.4 Å². The van der Waals surface area contributed by atoms with Crippen molar-refractivity contribution in [2.24, 2.45) is 0 Å². The van der Waals surface area contributed by atoms with Crippen LogP contribution in [-0.2, 0) is 10.2 Å². The third-order valence-electron chi connectivity index (χ3n) is 3.54. The fraction of sp³-hybridized carbons (Fsp3) is 0.500. The van der Waals surface area contributed by atoms with E-state index in [-0.39, 0.29) is 11.6 Å². The molecule has 18 heavy (non-hydrogen) atoms. The predicted molar refractivity (Wildman–Crippen MR) is 67.9 cm³/mol. The summed E-state index contributed by atoms with van der Waals surface area (Å²) >= 11 is 0. The number of benzene rings is 1. The first-order chi connectivity index (χ1) is 8.37. The van der Waals surface area contributed by atoms with Crippen molar-refractivity contribution in [1.29, 1.82) is 0 Å². The molecule has 2 rings (SSSR count). The van der Waals surface area contributed by atoms with Crippen LogP contribution in [0.15, 0.2) is 12.1 Å². The molecule has 2 N–H and O–H groups in total. The Kier molecular flexibility index (Phi) is 3.15. The highest BCUT2D eigenvalue weighted by atomic mass is 19.1. The predicted octanol–water partition coefficient (Wildman–Crippen LogP) is 2.89. The zero-order chi connectivity index (χ0) is 13.5. The first-order valence-electron chi connectivity index (χ1n) is 6.21. The normalized spacial score (nSPS) is 18.4. The molecule has 4 heteroatoms. The van der Waals surface area contributed by atoms with E-state index in [0.717, 1.165) is 6.42 Å². The van der Waals surface area contributed by atoms with Crippen LogP contribution in [0.3, 0.4) is 0 Å². The van der Waals surface area contributed by atoms with Gasteiger partial charge in [-0.2, -0.15) is 0 Å². The van der Waals surface area contributed by atoms with Crippen LogP contribution in [0.1, 0.15) is 50.8 Å². The summed E-state index contributed by atoms with van der Waals surface area (Å²) in [6.45, 7) is 5.47. The van der Waals surface area contributed by atoms with Crippen molar-refractivity contribution < 1.29 is 14.3 Å². The second-order valence-corrected chi connectivity index (χ2v) is 5.31. The topological polar surface area (TPSA) is 49.3 Å². The molecule has 3 nitrogen and oxygen atoms in total. The molecule has 1 atom stereocenters.